The molecule has 0 aliphatic heterocycles. The number of benzene rings is 2. The van der Waals surface area contributed by atoms with Crippen molar-refractivity contribution in [3.05, 3.63) is 69.2 Å². The Morgan fingerprint density at radius 1 is 1.05 bits per heavy atom. The largest absolute Gasteiger partial charge is 0.285 e. The molecule has 0 radical (unpaired) electrons. The molecule has 2 rings (SSSR count). The Balaban J connectivity index is 2.24. The Kier molecular flexibility index (Phi) is 4.62. The molecule has 0 heterocycles. The second-order valence-electron chi connectivity index (χ2n) is 4.45. The van der Waals surface area contributed by atoms with Crippen molar-refractivity contribution in [3.8, 4) is 0 Å². The lowest BCUT2D eigenvalue weighted by molar-refractivity contribution is 0.825. The molecule has 98 valence electrons. The van der Waals surface area contributed by atoms with E-state index in [9.17, 15) is 0 Å². The maximum atomic E-state index is 6.20. The molecule has 0 amide bonds. The van der Waals surface area contributed by atoms with Crippen molar-refractivity contribution >= 4 is 29.4 Å². The Labute approximate surface area is 123 Å². The summed E-state index contributed by atoms with van der Waals surface area (Å²) in [6.45, 7) is 4.07. The second-order valence-corrected chi connectivity index (χ2v) is 5.24. The minimum Gasteiger partial charge on any atom is -0.285 e. The highest BCUT2D eigenvalue weighted by Crippen LogP contribution is 2.31. The van der Waals surface area contributed by atoms with Gasteiger partial charge in [0.25, 0.3) is 0 Å². The van der Waals surface area contributed by atoms with E-state index >= 15 is 0 Å². The van der Waals surface area contributed by atoms with E-state index in [0.29, 0.717) is 10.0 Å². The summed E-state index contributed by atoms with van der Waals surface area (Å²) in [6, 6.07) is 13.7. The highest BCUT2D eigenvalue weighted by atomic mass is 35.5. The summed E-state index contributed by atoms with van der Waals surface area (Å²) in [5.74, 6) is 0. The molecule has 0 fully saturated rings. The van der Waals surface area contributed by atoms with E-state index in [1.54, 1.807) is 6.07 Å². The molecular weight excluding hydrogens is 277 g/mol. The fraction of sp³-hybridized carbons (Fsp3) is 0.188. The maximum Gasteiger partial charge on any atom is 0.0736 e. The van der Waals surface area contributed by atoms with Crippen molar-refractivity contribution in [1.29, 1.82) is 0 Å². The lowest BCUT2D eigenvalue weighted by atomic mass is 10.1. The summed E-state index contributed by atoms with van der Waals surface area (Å²) in [5, 5.41) is 1.15. The van der Waals surface area contributed by atoms with Gasteiger partial charge in [0.15, 0.2) is 0 Å². The van der Waals surface area contributed by atoms with E-state index in [2.05, 4.69) is 18.0 Å². The third-order valence-corrected chi connectivity index (χ3v) is 3.89. The van der Waals surface area contributed by atoms with Crippen LogP contribution in [0.3, 0.4) is 0 Å². The molecule has 0 aliphatic rings. The van der Waals surface area contributed by atoms with Crippen molar-refractivity contribution in [1.82, 2.24) is 0 Å². The lowest BCUT2D eigenvalue weighted by Crippen LogP contribution is -1.94. The van der Waals surface area contributed by atoms with E-state index in [0.717, 1.165) is 11.1 Å². The van der Waals surface area contributed by atoms with Crippen LogP contribution < -0.4 is 0 Å². The van der Waals surface area contributed by atoms with Crippen molar-refractivity contribution in [2.24, 2.45) is 4.99 Å². The summed E-state index contributed by atoms with van der Waals surface area (Å²) in [6.07, 6.45) is 1.89. The van der Waals surface area contributed by atoms with Gasteiger partial charge in [-0.1, -0.05) is 59.6 Å². The summed E-state index contributed by atoms with van der Waals surface area (Å²) in [5.41, 5.74) is 3.27. The topological polar surface area (TPSA) is 12.4 Å². The van der Waals surface area contributed by atoms with Gasteiger partial charge in [0, 0.05) is 6.21 Å². The van der Waals surface area contributed by atoms with Gasteiger partial charge in [-0.05, 0) is 36.6 Å². The van der Waals surface area contributed by atoms with Crippen LogP contribution in [-0.4, -0.2) is 6.21 Å². The fourth-order valence-corrected chi connectivity index (χ4v) is 2.31. The number of hydrogen-bond donors (Lipinski definition) is 0. The summed E-state index contributed by atoms with van der Waals surface area (Å²) >= 11 is 12.2. The second kappa shape index (κ2) is 6.23. The summed E-state index contributed by atoms with van der Waals surface area (Å²) in [7, 11) is 0. The molecule has 0 spiro atoms. The van der Waals surface area contributed by atoms with E-state index in [4.69, 9.17) is 23.2 Å². The van der Waals surface area contributed by atoms with Crippen LogP contribution in [0.1, 0.15) is 29.7 Å². The van der Waals surface area contributed by atoms with Crippen LogP contribution >= 0.6 is 23.2 Å². The van der Waals surface area contributed by atoms with Crippen LogP contribution in [0, 0.1) is 6.92 Å². The van der Waals surface area contributed by atoms with Gasteiger partial charge in [-0.25, -0.2) is 0 Å². The monoisotopic (exact) mass is 291 g/mol. The highest BCUT2D eigenvalue weighted by Gasteiger charge is 2.10. The van der Waals surface area contributed by atoms with Crippen LogP contribution in [0.4, 0.5) is 0 Å². The van der Waals surface area contributed by atoms with E-state index in [1.165, 1.54) is 5.56 Å². The predicted octanol–water partition coefficient (Wildman–Crippen LogP) is 5.48. The maximum absolute atomic E-state index is 6.20. The zero-order valence-corrected chi connectivity index (χ0v) is 12.4. The predicted molar refractivity (Wildman–Crippen MR) is 83.7 cm³/mol. The zero-order valence-electron chi connectivity index (χ0n) is 10.9. The first kappa shape index (κ1) is 14.1. The summed E-state index contributed by atoms with van der Waals surface area (Å²) in [4.78, 5) is 4.56. The smallest absolute Gasteiger partial charge is 0.0736 e. The van der Waals surface area contributed by atoms with Gasteiger partial charge in [0.1, 0.15) is 0 Å². The molecule has 0 bridgehead atoms. The van der Waals surface area contributed by atoms with Gasteiger partial charge in [-0.2, -0.15) is 0 Å². The lowest BCUT2D eigenvalue weighted by Gasteiger charge is -2.10. The van der Waals surface area contributed by atoms with Crippen molar-refractivity contribution in [2.75, 3.05) is 0 Å². The molecule has 1 unspecified atom stereocenters. The van der Waals surface area contributed by atoms with Gasteiger partial charge in [0.2, 0.25) is 0 Å². The molecule has 0 saturated carbocycles. The third kappa shape index (κ3) is 3.37. The molecule has 3 heteroatoms. The van der Waals surface area contributed by atoms with Crippen molar-refractivity contribution in [2.45, 2.75) is 19.9 Å². The Morgan fingerprint density at radius 3 is 2.53 bits per heavy atom. The van der Waals surface area contributed by atoms with Crippen molar-refractivity contribution < 1.29 is 0 Å². The minimum absolute atomic E-state index is 0.0224. The number of hydrogen-bond acceptors (Lipinski definition) is 1. The fourth-order valence-electron chi connectivity index (χ4n) is 1.85. The number of halogens is 2. The standard InChI is InChI=1S/C16H15Cl2N/c1-11-6-3-4-7-13(11)10-19-12(2)14-8-5-9-15(17)16(14)18/h3-10,12H,1-2H3/b19-10-. The number of aryl methyl sites for hydroxylation is 1. The van der Waals surface area contributed by atoms with Gasteiger partial charge < -0.3 is 0 Å². The first-order valence-corrected chi connectivity index (χ1v) is 6.88. The van der Waals surface area contributed by atoms with E-state index in [-0.39, 0.29) is 6.04 Å². The van der Waals surface area contributed by atoms with Crippen LogP contribution in [0.5, 0.6) is 0 Å². The van der Waals surface area contributed by atoms with Crippen LogP contribution in [-0.2, 0) is 0 Å². The molecule has 19 heavy (non-hydrogen) atoms. The SMILES string of the molecule is Cc1ccccc1/C=N\C(C)c1cccc(Cl)c1Cl. The van der Waals surface area contributed by atoms with Gasteiger partial charge in [0.05, 0.1) is 16.1 Å². The van der Waals surface area contributed by atoms with Crippen LogP contribution in [0.25, 0.3) is 0 Å². The molecular formula is C16H15Cl2N. The first-order chi connectivity index (χ1) is 9.09. The first-order valence-electron chi connectivity index (χ1n) is 6.12. The molecule has 2 aromatic carbocycles. The average molecular weight is 292 g/mol. The normalized spacial score (nSPS) is 12.8. The molecule has 0 saturated heterocycles. The quantitative estimate of drug-likeness (QED) is 0.664. The van der Waals surface area contributed by atoms with Gasteiger partial charge in [-0.15, -0.1) is 0 Å². The molecule has 1 nitrogen and oxygen atoms in total. The Bertz CT molecular complexity index is 605. The van der Waals surface area contributed by atoms with Gasteiger partial charge in [-0.3, -0.25) is 4.99 Å². The molecule has 0 aromatic heterocycles. The Morgan fingerprint density at radius 2 is 1.79 bits per heavy atom. The van der Waals surface area contributed by atoms with Crippen LogP contribution in [0.15, 0.2) is 47.5 Å². The number of aliphatic imine (C=N–C) groups is 1. The van der Waals surface area contributed by atoms with E-state index < -0.39 is 0 Å². The molecule has 2 aromatic rings. The number of rotatable bonds is 3. The Hall–Kier alpha value is -1.31. The summed E-state index contributed by atoms with van der Waals surface area (Å²) < 4.78 is 0. The molecule has 0 N–H and O–H groups in total. The van der Waals surface area contributed by atoms with Crippen molar-refractivity contribution in [3.63, 3.8) is 0 Å². The van der Waals surface area contributed by atoms with Gasteiger partial charge >= 0.3 is 0 Å². The minimum atomic E-state index is -0.0224. The average Bonchev–Trinajstić information content (AvgIpc) is 2.40. The molecule has 1 atom stereocenters. The van der Waals surface area contributed by atoms with Crippen LogP contribution in [0.2, 0.25) is 10.0 Å². The zero-order chi connectivity index (χ0) is 13.8. The highest BCUT2D eigenvalue weighted by molar-refractivity contribution is 6.42. The number of nitrogens with zero attached hydrogens (tertiary/aromatic N) is 1. The molecule has 0 aliphatic carbocycles. The van der Waals surface area contributed by atoms with E-state index in [1.807, 2.05) is 43.5 Å². The third-order valence-electron chi connectivity index (χ3n) is 3.06.